The zero-order chi connectivity index (χ0) is 21.6. The predicted octanol–water partition coefficient (Wildman–Crippen LogP) is 6.75. The fourth-order valence-electron chi connectivity index (χ4n) is 4.91. The van der Waals surface area contributed by atoms with E-state index in [0.717, 1.165) is 24.8 Å². The van der Waals surface area contributed by atoms with Crippen LogP contribution in [0.1, 0.15) is 74.1 Å². The molecule has 158 valence electrons. The fraction of sp³-hybridized carbons (Fsp3) is 0.577. The SMILES string of the molecule is CC(C=CC=C1CC(C)(C)CC2=CC3=C(OC12)C(C)(C)CCC3(C)C)=CC(=O)O. The number of aliphatic carboxylic acids is 1. The van der Waals surface area contributed by atoms with E-state index in [9.17, 15) is 4.79 Å². The summed E-state index contributed by atoms with van der Waals surface area (Å²) in [6.07, 6.45) is 14.0. The summed E-state index contributed by atoms with van der Waals surface area (Å²) in [6, 6.07) is 0. The third-order valence-electron chi connectivity index (χ3n) is 6.59. The van der Waals surface area contributed by atoms with Gasteiger partial charge in [0.1, 0.15) is 11.9 Å². The van der Waals surface area contributed by atoms with Crippen LogP contribution in [0.25, 0.3) is 0 Å². The van der Waals surface area contributed by atoms with E-state index in [1.54, 1.807) is 6.92 Å². The van der Waals surface area contributed by atoms with Gasteiger partial charge in [-0.2, -0.15) is 0 Å². The van der Waals surface area contributed by atoms with Gasteiger partial charge in [-0.25, -0.2) is 4.79 Å². The van der Waals surface area contributed by atoms with Crippen molar-refractivity contribution >= 4 is 5.97 Å². The van der Waals surface area contributed by atoms with Crippen molar-refractivity contribution in [3.8, 4) is 0 Å². The van der Waals surface area contributed by atoms with Crippen LogP contribution in [0.3, 0.4) is 0 Å². The van der Waals surface area contributed by atoms with Crippen LogP contribution >= 0.6 is 0 Å². The van der Waals surface area contributed by atoms with Crippen molar-refractivity contribution in [2.45, 2.75) is 80.3 Å². The van der Waals surface area contributed by atoms with E-state index in [4.69, 9.17) is 9.84 Å². The van der Waals surface area contributed by atoms with Crippen molar-refractivity contribution in [1.29, 1.82) is 0 Å². The van der Waals surface area contributed by atoms with Gasteiger partial charge in [-0.15, -0.1) is 0 Å². The highest BCUT2D eigenvalue weighted by Gasteiger charge is 2.46. The lowest BCUT2D eigenvalue weighted by molar-refractivity contribution is -0.131. The van der Waals surface area contributed by atoms with Crippen LogP contribution in [-0.4, -0.2) is 17.2 Å². The lowest BCUT2D eigenvalue weighted by Crippen LogP contribution is -2.40. The maximum absolute atomic E-state index is 10.8. The standard InChI is InChI=1S/C26H36O3/c1-17(13-21(27)28)9-8-10-18-15-24(2,3)16-19-14-20-23(29-22(18)19)26(6,7)12-11-25(20,4)5/h8-10,13-14,22H,11-12,15-16H2,1-7H3,(H,27,28). The molecule has 3 rings (SSSR count). The molecular weight excluding hydrogens is 360 g/mol. The first-order valence-electron chi connectivity index (χ1n) is 10.7. The van der Waals surface area contributed by atoms with Crippen LogP contribution in [0.4, 0.5) is 0 Å². The molecule has 0 bridgehead atoms. The summed E-state index contributed by atoms with van der Waals surface area (Å²) in [4.78, 5) is 10.8. The van der Waals surface area contributed by atoms with E-state index < -0.39 is 5.97 Å². The van der Waals surface area contributed by atoms with Gasteiger partial charge < -0.3 is 9.84 Å². The van der Waals surface area contributed by atoms with Crippen molar-refractivity contribution in [1.82, 2.24) is 0 Å². The summed E-state index contributed by atoms with van der Waals surface area (Å²) in [5.41, 5.74) is 5.15. The van der Waals surface area contributed by atoms with Crippen molar-refractivity contribution in [2.75, 3.05) is 0 Å². The van der Waals surface area contributed by atoms with Crippen LogP contribution in [0.5, 0.6) is 0 Å². The summed E-state index contributed by atoms with van der Waals surface area (Å²) in [5, 5.41) is 8.90. The molecule has 0 spiro atoms. The second-order valence-corrected chi connectivity index (χ2v) is 11.1. The van der Waals surface area contributed by atoms with Crippen molar-refractivity contribution < 1.29 is 14.6 Å². The Morgan fingerprint density at radius 2 is 1.76 bits per heavy atom. The molecule has 1 atom stereocenters. The summed E-state index contributed by atoms with van der Waals surface area (Å²) in [6.45, 7) is 15.7. The Hall–Kier alpha value is -2.03. The van der Waals surface area contributed by atoms with Gasteiger partial charge in [0.05, 0.1) is 0 Å². The van der Waals surface area contributed by atoms with Gasteiger partial charge in [0.15, 0.2) is 0 Å². The minimum atomic E-state index is -0.916. The molecule has 0 aromatic carbocycles. The Bertz CT molecular complexity index is 856. The monoisotopic (exact) mass is 396 g/mol. The number of carboxylic acids is 1. The average molecular weight is 397 g/mol. The lowest BCUT2D eigenvalue weighted by Gasteiger charge is -2.49. The average Bonchev–Trinajstić information content (AvgIpc) is 2.56. The van der Waals surface area contributed by atoms with Gasteiger partial charge in [-0.1, -0.05) is 65.8 Å². The van der Waals surface area contributed by atoms with E-state index in [0.29, 0.717) is 0 Å². The van der Waals surface area contributed by atoms with Crippen molar-refractivity contribution in [3.05, 3.63) is 58.4 Å². The Kier molecular flexibility index (Phi) is 5.49. The third kappa shape index (κ3) is 4.60. The first-order valence-corrected chi connectivity index (χ1v) is 10.7. The molecule has 0 aromatic heterocycles. The Morgan fingerprint density at radius 3 is 2.41 bits per heavy atom. The molecule has 3 aliphatic rings. The van der Waals surface area contributed by atoms with E-state index >= 15 is 0 Å². The fourth-order valence-corrected chi connectivity index (χ4v) is 4.91. The molecule has 0 aromatic rings. The number of rotatable bonds is 3. The highest BCUT2D eigenvalue weighted by atomic mass is 16.5. The molecule has 1 fully saturated rings. The van der Waals surface area contributed by atoms with Gasteiger partial charge >= 0.3 is 5.97 Å². The third-order valence-corrected chi connectivity index (χ3v) is 6.59. The zero-order valence-corrected chi connectivity index (χ0v) is 19.1. The summed E-state index contributed by atoms with van der Waals surface area (Å²) >= 11 is 0. The molecule has 3 heteroatoms. The number of carbonyl (C=O) groups is 1. The molecule has 1 unspecified atom stereocenters. The zero-order valence-electron chi connectivity index (χ0n) is 19.1. The molecule has 1 aliphatic heterocycles. The number of carboxylic acid groups (broad SMARTS) is 1. The number of fused-ring (bicyclic) bond motifs is 1. The van der Waals surface area contributed by atoms with E-state index in [1.165, 1.54) is 35.0 Å². The van der Waals surface area contributed by atoms with Gasteiger partial charge in [0.2, 0.25) is 0 Å². The Morgan fingerprint density at radius 1 is 1.10 bits per heavy atom. The highest BCUT2D eigenvalue weighted by molar-refractivity contribution is 5.81. The second-order valence-electron chi connectivity index (χ2n) is 11.1. The van der Waals surface area contributed by atoms with Crippen molar-refractivity contribution in [2.24, 2.45) is 16.2 Å². The molecule has 0 amide bonds. The molecule has 0 saturated heterocycles. The molecule has 1 saturated carbocycles. The van der Waals surface area contributed by atoms with Gasteiger partial charge in [0, 0.05) is 11.5 Å². The molecule has 2 aliphatic carbocycles. The maximum Gasteiger partial charge on any atom is 0.328 e. The second kappa shape index (κ2) is 7.34. The quantitative estimate of drug-likeness (QED) is 0.424. The summed E-state index contributed by atoms with van der Waals surface area (Å²) < 4.78 is 6.77. The summed E-state index contributed by atoms with van der Waals surface area (Å²) in [7, 11) is 0. The Labute approximate surface area is 175 Å². The lowest BCUT2D eigenvalue weighted by atomic mass is 9.63. The van der Waals surface area contributed by atoms with E-state index in [2.05, 4.69) is 53.7 Å². The van der Waals surface area contributed by atoms with Crippen LogP contribution in [0.2, 0.25) is 0 Å². The topological polar surface area (TPSA) is 46.5 Å². The predicted molar refractivity (Wildman–Crippen MR) is 118 cm³/mol. The molecule has 3 nitrogen and oxygen atoms in total. The van der Waals surface area contributed by atoms with Crippen LogP contribution in [0.15, 0.2) is 58.4 Å². The van der Waals surface area contributed by atoms with Crippen LogP contribution in [0, 0.1) is 16.2 Å². The van der Waals surface area contributed by atoms with Gasteiger partial charge in [-0.05, 0) is 65.7 Å². The molecular formula is C26H36O3. The highest BCUT2D eigenvalue weighted by Crippen LogP contribution is 2.55. The van der Waals surface area contributed by atoms with Crippen molar-refractivity contribution in [3.63, 3.8) is 0 Å². The maximum atomic E-state index is 10.8. The molecule has 0 radical (unpaired) electrons. The number of hydrogen-bond donors (Lipinski definition) is 1. The molecule has 1 N–H and O–H groups in total. The number of ether oxygens (including phenoxy) is 1. The largest absolute Gasteiger partial charge is 0.485 e. The smallest absolute Gasteiger partial charge is 0.328 e. The Balaban J connectivity index is 1.99. The minimum Gasteiger partial charge on any atom is -0.485 e. The van der Waals surface area contributed by atoms with Crippen LogP contribution < -0.4 is 0 Å². The van der Waals surface area contributed by atoms with E-state index in [1.807, 2.05) is 12.2 Å². The molecule has 29 heavy (non-hydrogen) atoms. The van der Waals surface area contributed by atoms with Gasteiger partial charge in [0.25, 0.3) is 0 Å². The normalized spacial score (nSPS) is 29.2. The molecule has 1 heterocycles. The number of allylic oxidation sites excluding steroid dienone is 7. The van der Waals surface area contributed by atoms with Gasteiger partial charge in [-0.3, -0.25) is 0 Å². The summed E-state index contributed by atoms with van der Waals surface area (Å²) in [5.74, 6) is 0.250. The first kappa shape index (κ1) is 21.7. The van der Waals surface area contributed by atoms with Crippen LogP contribution in [-0.2, 0) is 9.53 Å². The minimum absolute atomic E-state index is 0.00311. The first-order chi connectivity index (χ1) is 13.3. The van der Waals surface area contributed by atoms with E-state index in [-0.39, 0.29) is 22.3 Å². The number of hydrogen-bond acceptors (Lipinski definition) is 2.